The molecule has 1 saturated carbocycles. The molecule has 1 aliphatic rings. The van der Waals surface area contributed by atoms with Crippen LogP contribution in [0, 0.1) is 23.4 Å². The van der Waals surface area contributed by atoms with Gasteiger partial charge in [-0.15, -0.1) is 23.2 Å². The van der Waals surface area contributed by atoms with E-state index >= 15 is 0 Å². The Labute approximate surface area is 213 Å². The molecule has 2 N–H and O–H groups in total. The molecule has 1 aliphatic carbocycles. The van der Waals surface area contributed by atoms with Crippen LogP contribution in [0.15, 0.2) is 61.2 Å². The van der Waals surface area contributed by atoms with E-state index in [0.29, 0.717) is 11.6 Å². The van der Waals surface area contributed by atoms with Crippen LogP contribution in [0.3, 0.4) is 0 Å². The number of nitrogens with one attached hydrogen (secondary N) is 2. The average molecular weight is 540 g/mol. The van der Waals surface area contributed by atoms with E-state index in [2.05, 4.69) is 17.2 Å². The number of alkyl halides is 2. The van der Waals surface area contributed by atoms with E-state index in [1.807, 2.05) is 0 Å². The molecule has 0 heterocycles. The third kappa shape index (κ3) is 5.03. The van der Waals surface area contributed by atoms with Crippen molar-refractivity contribution in [1.82, 2.24) is 0 Å². The molecule has 0 unspecified atom stereocenters. The minimum atomic E-state index is -1.42. The quantitative estimate of drug-likeness (QED) is 0.326. The third-order valence-electron chi connectivity index (χ3n) is 5.59. The summed E-state index contributed by atoms with van der Waals surface area (Å²) in [5.74, 6) is -4.96. The lowest BCUT2D eigenvalue weighted by Crippen LogP contribution is -2.18. The summed E-state index contributed by atoms with van der Waals surface area (Å²) in [6.45, 7) is 3.56. The molecule has 0 radical (unpaired) electrons. The third-order valence-corrected chi connectivity index (χ3v) is 6.86. The van der Waals surface area contributed by atoms with Crippen LogP contribution in [-0.2, 0) is 4.79 Å². The molecule has 35 heavy (non-hydrogen) atoms. The smallest absolute Gasteiger partial charge is 0.257 e. The first-order valence-electron chi connectivity index (χ1n) is 10.2. The molecular formula is C25H16Cl3F3N2O2. The fraction of sp³-hybridized carbons (Fsp3) is 0.120. The predicted molar refractivity (Wildman–Crippen MR) is 132 cm³/mol. The molecule has 3 aromatic rings. The Kier molecular flexibility index (Phi) is 6.86. The first kappa shape index (κ1) is 25.1. The lowest BCUT2D eigenvalue weighted by Gasteiger charge is -2.11. The number of anilines is 2. The molecule has 0 saturated heterocycles. The fourth-order valence-corrected chi connectivity index (χ4v) is 4.79. The van der Waals surface area contributed by atoms with E-state index in [1.54, 1.807) is 0 Å². The van der Waals surface area contributed by atoms with Crippen LogP contribution in [0.4, 0.5) is 24.5 Å². The number of rotatable bonds is 6. The standard InChI is InChI=1S/C25H16Cl3F3N2O2/c1-2-12-9-13(3-7-18(12)30)21-22(25(21,27)28)24(35)32-15-5-6-17(26)16(11-15)23(34)33-20-8-4-14(29)10-19(20)31/h2-11,21-22H,1H2,(H,32,35)(H,33,34)/t21-,22+/m0/s1. The van der Waals surface area contributed by atoms with Gasteiger partial charge in [-0.2, -0.15) is 0 Å². The second kappa shape index (κ2) is 9.57. The number of amides is 2. The van der Waals surface area contributed by atoms with Crippen molar-refractivity contribution in [2.45, 2.75) is 10.3 Å². The number of carbonyl (C=O) groups is 2. The van der Waals surface area contributed by atoms with Gasteiger partial charge in [0.25, 0.3) is 5.91 Å². The van der Waals surface area contributed by atoms with Gasteiger partial charge in [0, 0.05) is 23.2 Å². The van der Waals surface area contributed by atoms with Gasteiger partial charge < -0.3 is 10.6 Å². The largest absolute Gasteiger partial charge is 0.326 e. The highest BCUT2D eigenvalue weighted by Crippen LogP contribution is 2.65. The van der Waals surface area contributed by atoms with E-state index in [-0.39, 0.29) is 27.5 Å². The van der Waals surface area contributed by atoms with Crippen molar-refractivity contribution >= 4 is 64.1 Å². The molecular weight excluding hydrogens is 524 g/mol. The summed E-state index contributed by atoms with van der Waals surface area (Å²) in [5.41, 5.74) is 0.741. The van der Waals surface area contributed by atoms with Gasteiger partial charge in [0.2, 0.25) is 5.91 Å². The van der Waals surface area contributed by atoms with Gasteiger partial charge in [-0.1, -0.05) is 30.3 Å². The minimum absolute atomic E-state index is 0.0413. The highest BCUT2D eigenvalue weighted by molar-refractivity contribution is 6.53. The zero-order valence-electron chi connectivity index (χ0n) is 17.7. The van der Waals surface area contributed by atoms with Gasteiger partial charge in [0.05, 0.1) is 22.2 Å². The normalized spacial score (nSPS) is 18.0. The molecule has 2 amide bonds. The summed E-state index contributed by atoms with van der Waals surface area (Å²) in [7, 11) is 0. The maximum absolute atomic E-state index is 13.9. The van der Waals surface area contributed by atoms with E-state index < -0.39 is 45.4 Å². The highest BCUT2D eigenvalue weighted by Gasteiger charge is 2.67. The van der Waals surface area contributed by atoms with Crippen molar-refractivity contribution in [1.29, 1.82) is 0 Å². The number of hydrogen-bond acceptors (Lipinski definition) is 2. The highest BCUT2D eigenvalue weighted by atomic mass is 35.5. The zero-order chi connectivity index (χ0) is 25.5. The summed E-state index contributed by atoms with van der Waals surface area (Å²) in [6.07, 6.45) is 1.35. The van der Waals surface area contributed by atoms with Gasteiger partial charge >= 0.3 is 0 Å². The SMILES string of the molecule is C=Cc1cc([C@H]2[C@H](C(=O)Nc3ccc(Cl)c(C(=O)Nc4ccc(F)cc4F)c3)C2(Cl)Cl)ccc1F. The zero-order valence-corrected chi connectivity index (χ0v) is 20.0. The number of benzene rings is 3. The van der Waals surface area contributed by atoms with Gasteiger partial charge in [0.15, 0.2) is 0 Å². The van der Waals surface area contributed by atoms with Crippen LogP contribution < -0.4 is 10.6 Å². The molecule has 10 heteroatoms. The first-order valence-corrected chi connectivity index (χ1v) is 11.3. The van der Waals surface area contributed by atoms with Crippen molar-refractivity contribution in [3.8, 4) is 0 Å². The number of carbonyl (C=O) groups excluding carboxylic acids is 2. The van der Waals surface area contributed by atoms with Crippen LogP contribution in [0.5, 0.6) is 0 Å². The molecule has 3 aromatic carbocycles. The van der Waals surface area contributed by atoms with Crippen LogP contribution in [-0.4, -0.2) is 16.1 Å². The van der Waals surface area contributed by atoms with Crippen molar-refractivity contribution in [2.75, 3.05) is 10.6 Å². The maximum atomic E-state index is 13.9. The van der Waals surface area contributed by atoms with Crippen molar-refractivity contribution in [2.24, 2.45) is 5.92 Å². The molecule has 4 nitrogen and oxygen atoms in total. The molecule has 0 spiro atoms. The molecule has 1 fully saturated rings. The molecule has 180 valence electrons. The number of halogens is 6. The van der Waals surface area contributed by atoms with Crippen LogP contribution in [0.2, 0.25) is 5.02 Å². The van der Waals surface area contributed by atoms with E-state index in [9.17, 15) is 22.8 Å². The van der Waals surface area contributed by atoms with Crippen LogP contribution >= 0.6 is 34.8 Å². The monoisotopic (exact) mass is 538 g/mol. The fourth-order valence-electron chi connectivity index (χ4n) is 3.76. The Bertz CT molecular complexity index is 1360. The van der Waals surface area contributed by atoms with Gasteiger partial charge in [-0.25, -0.2) is 13.2 Å². The minimum Gasteiger partial charge on any atom is -0.326 e. The van der Waals surface area contributed by atoms with Crippen molar-refractivity contribution in [3.63, 3.8) is 0 Å². The first-order chi connectivity index (χ1) is 16.5. The summed E-state index contributed by atoms with van der Waals surface area (Å²) in [4.78, 5) is 25.6. The molecule has 2 atom stereocenters. The summed E-state index contributed by atoms with van der Waals surface area (Å²) >= 11 is 18.8. The molecule has 0 bridgehead atoms. The van der Waals surface area contributed by atoms with Crippen molar-refractivity contribution in [3.05, 3.63) is 100 Å². The molecule has 0 aliphatic heterocycles. The van der Waals surface area contributed by atoms with E-state index in [0.717, 1.165) is 12.1 Å². The Balaban J connectivity index is 1.52. The summed E-state index contributed by atoms with van der Waals surface area (Å²) in [5, 5.41) is 4.99. The van der Waals surface area contributed by atoms with Crippen LogP contribution in [0.1, 0.15) is 27.4 Å². The molecule has 0 aromatic heterocycles. The topological polar surface area (TPSA) is 58.2 Å². The Morgan fingerprint density at radius 1 is 0.943 bits per heavy atom. The lowest BCUT2D eigenvalue weighted by molar-refractivity contribution is -0.117. The van der Waals surface area contributed by atoms with Gasteiger partial charge in [0.1, 0.15) is 21.8 Å². The van der Waals surface area contributed by atoms with Crippen LogP contribution in [0.25, 0.3) is 6.08 Å². The van der Waals surface area contributed by atoms with Gasteiger partial charge in [-0.05, 0) is 48.0 Å². The van der Waals surface area contributed by atoms with Gasteiger partial charge in [-0.3, -0.25) is 9.59 Å². The Morgan fingerprint density at radius 2 is 1.69 bits per heavy atom. The Morgan fingerprint density at radius 3 is 2.37 bits per heavy atom. The van der Waals surface area contributed by atoms with Crippen molar-refractivity contribution < 1.29 is 22.8 Å². The number of hydrogen-bond donors (Lipinski definition) is 2. The molecule has 4 rings (SSSR count). The Hall–Kier alpha value is -3.00. The van der Waals surface area contributed by atoms with E-state index in [4.69, 9.17) is 34.8 Å². The maximum Gasteiger partial charge on any atom is 0.257 e. The summed E-state index contributed by atoms with van der Waals surface area (Å²) < 4.78 is 39.4. The predicted octanol–water partition coefficient (Wildman–Crippen LogP) is 7.18. The average Bonchev–Trinajstić information content (AvgIpc) is 3.39. The van der Waals surface area contributed by atoms with E-state index in [1.165, 1.54) is 42.5 Å². The second-order valence-corrected chi connectivity index (χ2v) is 9.73. The lowest BCUT2D eigenvalue weighted by atomic mass is 10.0. The second-order valence-electron chi connectivity index (χ2n) is 7.88. The summed E-state index contributed by atoms with van der Waals surface area (Å²) in [6, 6.07) is 11.1.